The summed E-state index contributed by atoms with van der Waals surface area (Å²) in [6, 6.07) is 8.92. The van der Waals surface area contributed by atoms with E-state index in [-0.39, 0.29) is 0 Å². The maximum atomic E-state index is 8.68. The lowest BCUT2D eigenvalue weighted by Crippen LogP contribution is -2.36. The second kappa shape index (κ2) is 8.06. The number of piperidine rings is 1. The van der Waals surface area contributed by atoms with Crippen LogP contribution in [0.5, 0.6) is 0 Å². The first-order valence-corrected chi connectivity index (χ1v) is 8.56. The fraction of sp³-hybridized carbons (Fsp3) is 0.500. The molecule has 0 radical (unpaired) electrons. The summed E-state index contributed by atoms with van der Waals surface area (Å²) < 4.78 is 0. The van der Waals surface area contributed by atoms with Gasteiger partial charge in [-0.2, -0.15) is 5.26 Å². The topological polar surface area (TPSA) is 51.4 Å². The van der Waals surface area contributed by atoms with E-state index in [0.717, 1.165) is 12.2 Å². The second-order valence-electron chi connectivity index (χ2n) is 5.34. The highest BCUT2D eigenvalue weighted by Gasteiger charge is 2.18. The monoisotopic (exact) mass is 302 g/mol. The molecule has 1 aliphatic heterocycles. The van der Waals surface area contributed by atoms with Crippen LogP contribution in [0, 0.1) is 11.5 Å². The van der Waals surface area contributed by atoms with Gasteiger partial charge in [0, 0.05) is 12.6 Å². The Kier molecular flexibility index (Phi) is 6.09. The summed E-state index contributed by atoms with van der Waals surface area (Å²) in [6.07, 6.45) is 7.76. The molecule has 5 heteroatoms. The third-order valence-corrected chi connectivity index (χ3v) is 4.40. The number of benzene rings is 1. The zero-order chi connectivity index (χ0) is 15.1. The minimum atomic E-state index is 0.626. The van der Waals surface area contributed by atoms with Crippen LogP contribution < -0.4 is 5.32 Å². The van der Waals surface area contributed by atoms with Gasteiger partial charge < -0.3 is 0 Å². The summed E-state index contributed by atoms with van der Waals surface area (Å²) in [4.78, 5) is 7.00. The SMILES string of the molecule is CSC(=Nc1cccc(CN2CCCCC2C)c1)NC#N. The van der Waals surface area contributed by atoms with E-state index in [9.17, 15) is 0 Å². The van der Waals surface area contributed by atoms with Gasteiger partial charge >= 0.3 is 0 Å². The second-order valence-corrected chi connectivity index (χ2v) is 6.14. The zero-order valence-electron chi connectivity index (χ0n) is 12.7. The largest absolute Gasteiger partial charge is 0.296 e. The van der Waals surface area contributed by atoms with Crippen molar-refractivity contribution < 1.29 is 0 Å². The molecule has 1 aromatic carbocycles. The van der Waals surface area contributed by atoms with E-state index in [1.165, 1.54) is 43.1 Å². The molecule has 1 saturated heterocycles. The Bertz CT molecular complexity index is 535. The lowest BCUT2D eigenvalue weighted by molar-refractivity contribution is 0.152. The van der Waals surface area contributed by atoms with Crippen LogP contribution in [0.1, 0.15) is 31.7 Å². The summed E-state index contributed by atoms with van der Waals surface area (Å²) in [5, 5.41) is 11.9. The van der Waals surface area contributed by atoms with Crippen molar-refractivity contribution in [2.24, 2.45) is 4.99 Å². The van der Waals surface area contributed by atoms with Gasteiger partial charge in [-0.3, -0.25) is 10.2 Å². The van der Waals surface area contributed by atoms with Crippen molar-refractivity contribution in [1.82, 2.24) is 10.2 Å². The van der Waals surface area contributed by atoms with E-state index in [4.69, 9.17) is 5.26 Å². The maximum absolute atomic E-state index is 8.68. The van der Waals surface area contributed by atoms with Gasteiger partial charge in [0.25, 0.3) is 0 Å². The Morgan fingerprint density at radius 1 is 1.52 bits per heavy atom. The minimum absolute atomic E-state index is 0.626. The summed E-state index contributed by atoms with van der Waals surface area (Å²) in [5.74, 6) is 0. The molecular formula is C16H22N4S. The van der Waals surface area contributed by atoms with Crippen molar-refractivity contribution >= 4 is 22.6 Å². The summed E-state index contributed by atoms with van der Waals surface area (Å²) in [5.41, 5.74) is 2.17. The number of nitrogens with zero attached hydrogens (tertiary/aromatic N) is 3. The van der Waals surface area contributed by atoms with Crippen LogP contribution in [-0.2, 0) is 6.54 Å². The Morgan fingerprint density at radius 3 is 3.10 bits per heavy atom. The Balaban J connectivity index is 2.08. The molecule has 0 aromatic heterocycles. The number of nitrogens with one attached hydrogen (secondary N) is 1. The summed E-state index contributed by atoms with van der Waals surface area (Å²) >= 11 is 1.44. The summed E-state index contributed by atoms with van der Waals surface area (Å²) in [6.45, 7) is 4.47. The van der Waals surface area contributed by atoms with Crippen LogP contribution >= 0.6 is 11.8 Å². The van der Waals surface area contributed by atoms with Crippen LogP contribution in [0.25, 0.3) is 0 Å². The molecule has 1 aromatic rings. The fourth-order valence-electron chi connectivity index (χ4n) is 2.64. The molecule has 0 saturated carbocycles. The minimum Gasteiger partial charge on any atom is -0.296 e. The van der Waals surface area contributed by atoms with Gasteiger partial charge in [0.2, 0.25) is 0 Å². The van der Waals surface area contributed by atoms with Crippen molar-refractivity contribution in [2.45, 2.75) is 38.8 Å². The molecule has 21 heavy (non-hydrogen) atoms. The van der Waals surface area contributed by atoms with Crippen LogP contribution in [0.15, 0.2) is 29.3 Å². The molecule has 1 N–H and O–H groups in total. The third-order valence-electron chi connectivity index (χ3n) is 3.82. The van der Waals surface area contributed by atoms with Gasteiger partial charge in [-0.1, -0.05) is 30.3 Å². The van der Waals surface area contributed by atoms with E-state index < -0.39 is 0 Å². The van der Waals surface area contributed by atoms with Crippen molar-refractivity contribution in [2.75, 3.05) is 12.8 Å². The molecule has 0 aliphatic carbocycles. The zero-order valence-corrected chi connectivity index (χ0v) is 13.5. The number of rotatable bonds is 3. The van der Waals surface area contributed by atoms with E-state index in [2.05, 4.69) is 34.3 Å². The van der Waals surface area contributed by atoms with Crippen molar-refractivity contribution in [3.05, 3.63) is 29.8 Å². The number of hydrogen-bond donors (Lipinski definition) is 1. The Hall–Kier alpha value is -1.51. The van der Waals surface area contributed by atoms with Gasteiger partial charge in [-0.25, -0.2) is 4.99 Å². The average Bonchev–Trinajstić information content (AvgIpc) is 2.49. The van der Waals surface area contributed by atoms with Crippen LogP contribution in [-0.4, -0.2) is 28.9 Å². The first kappa shape index (κ1) is 15.9. The molecule has 112 valence electrons. The molecule has 1 unspecified atom stereocenters. The summed E-state index contributed by atoms with van der Waals surface area (Å²) in [7, 11) is 0. The molecule has 2 rings (SSSR count). The van der Waals surface area contributed by atoms with Gasteiger partial charge in [0.15, 0.2) is 11.4 Å². The molecular weight excluding hydrogens is 280 g/mol. The van der Waals surface area contributed by atoms with Crippen molar-refractivity contribution in [3.63, 3.8) is 0 Å². The number of likely N-dealkylation sites (tertiary alicyclic amines) is 1. The smallest absolute Gasteiger partial charge is 0.183 e. The molecule has 0 bridgehead atoms. The van der Waals surface area contributed by atoms with Gasteiger partial charge in [0.1, 0.15) is 0 Å². The molecule has 1 heterocycles. The first-order valence-electron chi connectivity index (χ1n) is 7.33. The van der Waals surface area contributed by atoms with Gasteiger partial charge in [-0.05, 0) is 50.3 Å². The van der Waals surface area contributed by atoms with E-state index in [0.29, 0.717) is 11.2 Å². The maximum Gasteiger partial charge on any atom is 0.183 e. The first-order chi connectivity index (χ1) is 10.2. The predicted octanol–water partition coefficient (Wildman–Crippen LogP) is 3.48. The predicted molar refractivity (Wildman–Crippen MR) is 89.5 cm³/mol. The lowest BCUT2D eigenvalue weighted by atomic mass is 10.0. The highest BCUT2D eigenvalue weighted by atomic mass is 32.2. The number of amidine groups is 1. The quantitative estimate of drug-likeness (QED) is 0.402. The highest BCUT2D eigenvalue weighted by molar-refractivity contribution is 8.13. The van der Waals surface area contributed by atoms with E-state index in [1.54, 1.807) is 0 Å². The molecule has 1 atom stereocenters. The van der Waals surface area contributed by atoms with E-state index >= 15 is 0 Å². The fourth-order valence-corrected chi connectivity index (χ4v) is 2.99. The molecule has 0 spiro atoms. The van der Waals surface area contributed by atoms with Crippen LogP contribution in [0.4, 0.5) is 5.69 Å². The molecule has 1 aliphatic rings. The van der Waals surface area contributed by atoms with Crippen LogP contribution in [0.2, 0.25) is 0 Å². The van der Waals surface area contributed by atoms with Crippen molar-refractivity contribution in [1.29, 1.82) is 5.26 Å². The Morgan fingerprint density at radius 2 is 2.38 bits per heavy atom. The standard InChI is InChI=1S/C16H22N4S/c1-13-6-3-4-9-20(13)11-14-7-5-8-15(10-14)19-16(21-2)18-12-17/h5,7-8,10,13H,3-4,6,9,11H2,1-2H3,(H,18,19). The lowest BCUT2D eigenvalue weighted by Gasteiger charge is -2.33. The van der Waals surface area contributed by atoms with E-state index in [1.807, 2.05) is 24.6 Å². The Labute approximate surface area is 131 Å². The number of thioether (sulfide) groups is 1. The molecule has 0 amide bonds. The third kappa shape index (κ3) is 4.76. The number of aliphatic imine (C=N–C) groups is 1. The number of nitriles is 1. The van der Waals surface area contributed by atoms with Gasteiger partial charge in [0.05, 0.1) is 5.69 Å². The number of hydrogen-bond acceptors (Lipinski definition) is 4. The highest BCUT2D eigenvalue weighted by Crippen LogP contribution is 2.21. The average molecular weight is 302 g/mol. The molecule has 1 fully saturated rings. The normalized spacial score (nSPS) is 20.0. The van der Waals surface area contributed by atoms with Crippen molar-refractivity contribution in [3.8, 4) is 6.19 Å². The van der Waals surface area contributed by atoms with Crippen LogP contribution in [0.3, 0.4) is 0 Å². The molecule has 4 nitrogen and oxygen atoms in total. The van der Waals surface area contributed by atoms with Gasteiger partial charge in [-0.15, -0.1) is 0 Å².